The number of fused-ring (bicyclic) bond motifs is 1. The van der Waals surface area contributed by atoms with Crippen LogP contribution in [-0.2, 0) is 13.0 Å². The third-order valence-corrected chi connectivity index (χ3v) is 4.76. The summed E-state index contributed by atoms with van der Waals surface area (Å²) in [5, 5.41) is 12.2. The lowest BCUT2D eigenvalue weighted by atomic mass is 10.1. The molecule has 0 aliphatic heterocycles. The van der Waals surface area contributed by atoms with Gasteiger partial charge in [-0.25, -0.2) is 4.98 Å². The highest BCUT2D eigenvalue weighted by Gasteiger charge is 2.07. The zero-order chi connectivity index (χ0) is 17.6. The topological polar surface area (TPSA) is 71.2 Å². The van der Waals surface area contributed by atoms with E-state index in [9.17, 15) is 5.11 Å². The van der Waals surface area contributed by atoms with Crippen LogP contribution in [0.2, 0.25) is 0 Å². The molecule has 0 aliphatic rings. The largest absolute Gasteiger partial charge is 0.506 e. The van der Waals surface area contributed by atoms with Crippen LogP contribution < -0.4 is 10.5 Å². The van der Waals surface area contributed by atoms with E-state index in [1.807, 2.05) is 12.1 Å². The van der Waals surface area contributed by atoms with Gasteiger partial charge in [0.25, 0.3) is 0 Å². The lowest BCUT2D eigenvalue weighted by Gasteiger charge is -2.03. The Labute approximate surface area is 154 Å². The van der Waals surface area contributed by atoms with Gasteiger partial charge in [-0.15, -0.1) is 0 Å². The van der Waals surface area contributed by atoms with Crippen LogP contribution in [0.5, 0.6) is 5.75 Å². The molecule has 0 radical (unpaired) electrons. The SMILES string of the molecule is C=CSNCc1cccc(CC#Cc2cc(O)c3nc(N)sc3c2)c1. The summed E-state index contributed by atoms with van der Waals surface area (Å²) in [6.45, 7) is 4.43. The summed E-state index contributed by atoms with van der Waals surface area (Å²) in [4.78, 5) is 4.11. The van der Waals surface area contributed by atoms with Gasteiger partial charge in [-0.05, 0) is 28.7 Å². The molecule has 0 atom stereocenters. The molecule has 0 amide bonds. The molecule has 1 heterocycles. The van der Waals surface area contributed by atoms with E-state index >= 15 is 0 Å². The van der Waals surface area contributed by atoms with Gasteiger partial charge >= 0.3 is 0 Å². The number of nitrogens with one attached hydrogen (secondary N) is 1. The van der Waals surface area contributed by atoms with E-state index in [0.717, 1.165) is 22.4 Å². The third-order valence-electron chi connectivity index (χ3n) is 3.45. The number of aromatic hydroxyl groups is 1. The molecule has 0 spiro atoms. The second kappa shape index (κ2) is 8.08. The molecular formula is C19H17N3OS2. The molecule has 2 aromatic carbocycles. The van der Waals surface area contributed by atoms with Gasteiger partial charge in [-0.3, -0.25) is 4.72 Å². The first kappa shape index (κ1) is 17.4. The zero-order valence-corrected chi connectivity index (χ0v) is 15.1. The normalized spacial score (nSPS) is 10.4. The number of rotatable bonds is 5. The van der Waals surface area contributed by atoms with Crippen molar-refractivity contribution >= 4 is 38.6 Å². The van der Waals surface area contributed by atoms with Crippen LogP contribution in [0.3, 0.4) is 0 Å². The Morgan fingerprint density at radius 1 is 1.32 bits per heavy atom. The Morgan fingerprint density at radius 3 is 3.00 bits per heavy atom. The summed E-state index contributed by atoms with van der Waals surface area (Å²) in [5.41, 5.74) is 9.34. The van der Waals surface area contributed by atoms with Crippen LogP contribution in [0.15, 0.2) is 48.4 Å². The highest BCUT2D eigenvalue weighted by Crippen LogP contribution is 2.31. The number of hydrogen-bond acceptors (Lipinski definition) is 6. The number of nitrogens with two attached hydrogens (primary N) is 1. The fourth-order valence-electron chi connectivity index (χ4n) is 2.38. The Bertz CT molecular complexity index is 970. The van der Waals surface area contributed by atoms with Crippen molar-refractivity contribution in [2.24, 2.45) is 0 Å². The standard InChI is InChI=1S/C19H17N3OS2/c1-2-24-21-12-15-8-4-6-13(9-15)5-3-7-14-10-16(23)18-17(11-14)25-19(20)22-18/h2,4,6,8-11,21,23H,1,5,12H2,(H2,20,22). The van der Waals surface area contributed by atoms with E-state index < -0.39 is 0 Å². The van der Waals surface area contributed by atoms with Gasteiger partial charge in [0, 0.05) is 18.5 Å². The average Bonchev–Trinajstić information content (AvgIpc) is 2.97. The Morgan fingerprint density at radius 2 is 2.16 bits per heavy atom. The van der Waals surface area contributed by atoms with Crippen molar-refractivity contribution in [1.29, 1.82) is 0 Å². The van der Waals surface area contributed by atoms with Gasteiger partial charge in [-0.1, -0.05) is 66.0 Å². The number of thiazole rings is 1. The van der Waals surface area contributed by atoms with Crippen molar-refractivity contribution in [2.45, 2.75) is 13.0 Å². The summed E-state index contributed by atoms with van der Waals surface area (Å²) < 4.78 is 4.05. The van der Waals surface area contributed by atoms with Gasteiger partial charge in [0.05, 0.1) is 4.70 Å². The van der Waals surface area contributed by atoms with Gasteiger partial charge in [0.15, 0.2) is 5.13 Å². The monoisotopic (exact) mass is 367 g/mol. The van der Waals surface area contributed by atoms with Crippen molar-refractivity contribution in [3.8, 4) is 17.6 Å². The molecule has 0 saturated heterocycles. The predicted octanol–water partition coefficient (Wildman–Crippen LogP) is 4.06. The summed E-state index contributed by atoms with van der Waals surface area (Å²) in [6, 6.07) is 11.8. The summed E-state index contributed by atoms with van der Waals surface area (Å²) >= 11 is 2.82. The Kier molecular flexibility index (Phi) is 5.61. The minimum Gasteiger partial charge on any atom is -0.506 e. The lowest BCUT2D eigenvalue weighted by Crippen LogP contribution is -2.01. The van der Waals surface area contributed by atoms with Gasteiger partial charge in [0.2, 0.25) is 0 Å². The van der Waals surface area contributed by atoms with Crippen LogP contribution in [0, 0.1) is 11.8 Å². The minimum atomic E-state index is 0.113. The molecule has 0 bridgehead atoms. The number of aromatic nitrogens is 1. The van der Waals surface area contributed by atoms with Crippen LogP contribution in [0.4, 0.5) is 5.13 Å². The van der Waals surface area contributed by atoms with Crippen molar-refractivity contribution in [3.63, 3.8) is 0 Å². The van der Waals surface area contributed by atoms with E-state index in [1.54, 1.807) is 11.5 Å². The molecule has 6 heteroatoms. The smallest absolute Gasteiger partial charge is 0.181 e. The van der Waals surface area contributed by atoms with E-state index in [4.69, 9.17) is 5.73 Å². The van der Waals surface area contributed by atoms with E-state index in [0.29, 0.717) is 17.1 Å². The molecule has 1 aromatic heterocycles. The molecule has 0 aliphatic carbocycles. The van der Waals surface area contributed by atoms with Crippen LogP contribution in [0.1, 0.15) is 16.7 Å². The first-order valence-corrected chi connectivity index (χ1v) is 9.30. The number of benzene rings is 2. The van der Waals surface area contributed by atoms with Crippen molar-refractivity contribution in [3.05, 3.63) is 65.1 Å². The third kappa shape index (κ3) is 4.54. The average molecular weight is 367 g/mol. The van der Waals surface area contributed by atoms with Crippen molar-refractivity contribution < 1.29 is 5.11 Å². The molecular weight excluding hydrogens is 350 g/mol. The van der Waals surface area contributed by atoms with E-state index in [1.165, 1.54) is 28.8 Å². The predicted molar refractivity (Wildman–Crippen MR) is 107 cm³/mol. The Balaban J connectivity index is 1.72. The quantitative estimate of drug-likeness (QED) is 0.360. The Hall–Kier alpha value is -2.46. The van der Waals surface area contributed by atoms with E-state index in [-0.39, 0.29) is 5.75 Å². The molecule has 0 saturated carbocycles. The van der Waals surface area contributed by atoms with E-state index in [2.05, 4.69) is 46.3 Å². The minimum absolute atomic E-state index is 0.113. The number of anilines is 1. The fourth-order valence-corrected chi connectivity index (χ4v) is 3.55. The molecule has 126 valence electrons. The van der Waals surface area contributed by atoms with Gasteiger partial charge in [-0.2, -0.15) is 0 Å². The number of phenols is 1. The molecule has 3 aromatic rings. The van der Waals surface area contributed by atoms with Gasteiger partial charge < -0.3 is 10.8 Å². The maximum absolute atomic E-state index is 10.0. The zero-order valence-electron chi connectivity index (χ0n) is 13.5. The van der Waals surface area contributed by atoms with Crippen LogP contribution in [-0.4, -0.2) is 10.1 Å². The number of hydrogen-bond donors (Lipinski definition) is 3. The first-order chi connectivity index (χ1) is 12.2. The number of nitrogens with zero attached hydrogens (tertiary/aromatic N) is 1. The summed E-state index contributed by atoms with van der Waals surface area (Å²) in [6.07, 6.45) is 0.645. The second-order valence-electron chi connectivity index (χ2n) is 5.30. The second-order valence-corrected chi connectivity index (χ2v) is 7.22. The fraction of sp³-hybridized carbons (Fsp3) is 0.105. The molecule has 0 fully saturated rings. The lowest BCUT2D eigenvalue weighted by molar-refractivity contribution is 0.480. The van der Waals surface area contributed by atoms with Crippen molar-refractivity contribution in [2.75, 3.05) is 5.73 Å². The van der Waals surface area contributed by atoms with Gasteiger partial charge in [0.1, 0.15) is 11.3 Å². The number of nitrogen functional groups attached to an aromatic ring is 1. The molecule has 3 rings (SSSR count). The molecule has 0 unspecified atom stereocenters. The molecule has 4 nitrogen and oxygen atoms in total. The maximum atomic E-state index is 10.0. The van der Waals surface area contributed by atoms with Crippen LogP contribution >= 0.6 is 23.3 Å². The highest BCUT2D eigenvalue weighted by atomic mass is 32.2. The molecule has 4 N–H and O–H groups in total. The summed E-state index contributed by atoms with van der Waals surface area (Å²) in [5.74, 6) is 6.38. The first-order valence-electron chi connectivity index (χ1n) is 7.61. The maximum Gasteiger partial charge on any atom is 0.181 e. The number of phenolic OH excluding ortho intramolecular Hbond substituents is 1. The molecule has 25 heavy (non-hydrogen) atoms. The van der Waals surface area contributed by atoms with Crippen LogP contribution in [0.25, 0.3) is 10.2 Å². The highest BCUT2D eigenvalue weighted by molar-refractivity contribution is 8.00. The van der Waals surface area contributed by atoms with Crippen molar-refractivity contribution in [1.82, 2.24) is 9.71 Å². The summed E-state index contributed by atoms with van der Waals surface area (Å²) in [7, 11) is 0.